The Bertz CT molecular complexity index is 571. The van der Waals surface area contributed by atoms with Crippen molar-refractivity contribution in [2.45, 2.75) is 37.3 Å². The molecule has 2 fully saturated rings. The average molecular weight is 412 g/mol. The Morgan fingerprint density at radius 3 is 2.59 bits per heavy atom. The van der Waals surface area contributed by atoms with Gasteiger partial charge in [0.05, 0.1) is 0 Å². The molecule has 6 heteroatoms. The molecule has 1 aromatic rings. The minimum absolute atomic E-state index is 0.141. The van der Waals surface area contributed by atoms with Crippen molar-refractivity contribution in [2.24, 2.45) is 5.92 Å². The second kappa shape index (κ2) is 10.5. The van der Waals surface area contributed by atoms with Crippen LogP contribution in [0, 0.1) is 11.7 Å². The molecule has 2 bridgehead atoms. The van der Waals surface area contributed by atoms with Crippen molar-refractivity contribution < 1.29 is 4.39 Å². The first-order valence-electron chi connectivity index (χ1n) is 10.3. The molecule has 2 aliphatic rings. The fraction of sp³-hybridized carbons (Fsp3) is 0.714. The van der Waals surface area contributed by atoms with Crippen LogP contribution in [0.3, 0.4) is 0 Å². The van der Waals surface area contributed by atoms with Crippen LogP contribution in [0.1, 0.15) is 30.7 Å². The third kappa shape index (κ3) is 5.41. The van der Waals surface area contributed by atoms with Crippen molar-refractivity contribution in [1.29, 1.82) is 0 Å². The van der Waals surface area contributed by atoms with Gasteiger partial charge in [0.1, 0.15) is 5.82 Å². The van der Waals surface area contributed by atoms with E-state index in [2.05, 4.69) is 47.4 Å². The minimum atomic E-state index is -0.141. The first-order valence-corrected chi connectivity index (χ1v) is 11.5. The van der Waals surface area contributed by atoms with E-state index in [0.29, 0.717) is 23.9 Å². The van der Waals surface area contributed by atoms with E-state index in [1.165, 1.54) is 24.8 Å². The largest absolute Gasteiger partial charge is 0.315 e. The van der Waals surface area contributed by atoms with Gasteiger partial charge in [-0.1, -0.05) is 12.1 Å². The molecular weight excluding hydrogens is 377 g/mol. The van der Waals surface area contributed by atoms with Gasteiger partial charge in [-0.05, 0) is 55.8 Å². The number of fused-ring (bicyclic) bond motifs is 2. The topological polar surface area (TPSA) is 18.5 Å². The van der Waals surface area contributed by atoms with Crippen LogP contribution in [0.25, 0.3) is 0 Å². The van der Waals surface area contributed by atoms with Crippen LogP contribution in [0.2, 0.25) is 0 Å². The molecule has 1 aromatic carbocycles. The van der Waals surface area contributed by atoms with Gasteiger partial charge in [-0.15, -0.1) is 0 Å². The minimum Gasteiger partial charge on any atom is -0.315 e. The van der Waals surface area contributed by atoms with E-state index < -0.39 is 0 Å². The van der Waals surface area contributed by atoms with Gasteiger partial charge in [0.15, 0.2) is 0 Å². The maximum atomic E-state index is 13.5. The van der Waals surface area contributed by atoms with Gasteiger partial charge in [0.2, 0.25) is 0 Å². The highest BCUT2D eigenvalue weighted by Crippen LogP contribution is 2.46. The second-order valence-corrected chi connectivity index (χ2v) is 8.91. The van der Waals surface area contributed by atoms with Crippen molar-refractivity contribution in [3.8, 4) is 0 Å². The molecule has 1 N–H and O–H groups in total. The van der Waals surface area contributed by atoms with Crippen LogP contribution in [0.15, 0.2) is 24.3 Å². The molecule has 0 radical (unpaired) electrons. The zero-order chi connectivity index (χ0) is 19.2. The van der Waals surface area contributed by atoms with Crippen LogP contribution in [0.4, 0.5) is 4.39 Å². The Balaban J connectivity index is 1.73. The molecule has 0 unspecified atom stereocenters. The second-order valence-electron chi connectivity index (χ2n) is 8.02. The van der Waals surface area contributed by atoms with Crippen molar-refractivity contribution in [3.63, 3.8) is 0 Å². The Hall–Kier alpha value is -0.270. The fourth-order valence-corrected chi connectivity index (χ4v) is 5.54. The molecule has 152 valence electrons. The molecule has 2 heterocycles. The molecule has 2 saturated heterocycles. The van der Waals surface area contributed by atoms with Gasteiger partial charge in [-0.25, -0.2) is 4.39 Å². The number of nitrogens with one attached hydrogen (secondary N) is 1. The van der Waals surface area contributed by atoms with Crippen LogP contribution in [0.5, 0.6) is 0 Å². The molecule has 3 rings (SSSR count). The van der Waals surface area contributed by atoms with Crippen molar-refractivity contribution in [2.75, 3.05) is 51.3 Å². The lowest BCUT2D eigenvalue weighted by atomic mass is 9.76. The zero-order valence-electron chi connectivity index (χ0n) is 16.4. The number of thiol groups is 2. The number of nitrogens with zero attached hydrogens (tertiary/aromatic N) is 2. The summed E-state index contributed by atoms with van der Waals surface area (Å²) in [5.41, 5.74) is 1.31. The van der Waals surface area contributed by atoms with E-state index in [1.807, 2.05) is 12.1 Å². The Labute approximate surface area is 174 Å². The number of piperidine rings is 1. The summed E-state index contributed by atoms with van der Waals surface area (Å²) in [6, 6.07) is 8.58. The van der Waals surface area contributed by atoms with E-state index in [4.69, 9.17) is 0 Å². The predicted molar refractivity (Wildman–Crippen MR) is 119 cm³/mol. The molecular formula is C21H34FN3S2. The Kier molecular flexibility index (Phi) is 8.33. The van der Waals surface area contributed by atoms with Crippen molar-refractivity contribution >= 4 is 25.3 Å². The maximum Gasteiger partial charge on any atom is 0.123 e. The van der Waals surface area contributed by atoms with Gasteiger partial charge < -0.3 is 15.1 Å². The zero-order valence-corrected chi connectivity index (χ0v) is 18.1. The molecule has 0 saturated carbocycles. The van der Waals surface area contributed by atoms with E-state index >= 15 is 0 Å². The lowest BCUT2D eigenvalue weighted by Crippen LogP contribution is -2.50. The highest BCUT2D eigenvalue weighted by atomic mass is 32.1. The van der Waals surface area contributed by atoms with Gasteiger partial charge in [0, 0.05) is 56.3 Å². The monoisotopic (exact) mass is 411 g/mol. The molecule has 4 atom stereocenters. The Morgan fingerprint density at radius 1 is 1.11 bits per heavy atom. The summed E-state index contributed by atoms with van der Waals surface area (Å²) < 4.78 is 13.5. The molecule has 3 nitrogen and oxygen atoms in total. The first kappa shape index (κ1) is 21.4. The van der Waals surface area contributed by atoms with Gasteiger partial charge in [-0.2, -0.15) is 25.3 Å². The van der Waals surface area contributed by atoms with Crippen molar-refractivity contribution in [3.05, 3.63) is 35.6 Å². The first-order chi connectivity index (χ1) is 13.1. The van der Waals surface area contributed by atoms with Crippen LogP contribution >= 0.6 is 25.3 Å². The smallest absolute Gasteiger partial charge is 0.123 e. The number of rotatable bonds is 10. The average Bonchev–Trinajstić information content (AvgIpc) is 2.91. The molecule has 2 aliphatic heterocycles. The molecule has 0 spiro atoms. The maximum absolute atomic E-state index is 13.5. The van der Waals surface area contributed by atoms with E-state index in [9.17, 15) is 4.39 Å². The normalized spacial score (nSPS) is 28.2. The standard InChI is InChI=1S/C21H34FN3S2/c1-24-18-6-7-21(24)20(15-25(11-13-27)10-8-23-9-12-26)19(14-18)16-2-4-17(22)5-3-16/h2-5,18-21,23,26-27H,6-15H2,1H3/t18-,19+,20-,21+/m0/s1. The quantitative estimate of drug-likeness (QED) is 0.406. The van der Waals surface area contributed by atoms with Gasteiger partial charge in [0.25, 0.3) is 0 Å². The number of halogens is 1. The summed E-state index contributed by atoms with van der Waals surface area (Å²) >= 11 is 8.76. The molecule has 0 amide bonds. The molecule has 27 heavy (non-hydrogen) atoms. The lowest BCUT2D eigenvalue weighted by molar-refractivity contribution is 0.0728. The summed E-state index contributed by atoms with van der Waals surface area (Å²) in [6.07, 6.45) is 3.78. The summed E-state index contributed by atoms with van der Waals surface area (Å²) in [5.74, 6) is 2.72. The van der Waals surface area contributed by atoms with E-state index in [-0.39, 0.29) is 5.82 Å². The number of hydrogen-bond acceptors (Lipinski definition) is 5. The SMILES string of the molecule is CN1[C@H]2CC[C@@H]1[C@@H](CN(CCS)CCNCCS)[C@@H](c1ccc(F)cc1)C2. The third-order valence-corrected chi connectivity index (χ3v) is 6.93. The van der Waals surface area contributed by atoms with Crippen molar-refractivity contribution in [1.82, 2.24) is 15.1 Å². The highest BCUT2D eigenvalue weighted by molar-refractivity contribution is 7.80. The lowest BCUT2D eigenvalue weighted by Gasteiger charge is -2.45. The van der Waals surface area contributed by atoms with Crippen LogP contribution < -0.4 is 5.32 Å². The summed E-state index contributed by atoms with van der Waals surface area (Å²) in [7, 11) is 2.30. The molecule has 0 aliphatic carbocycles. The third-order valence-electron chi connectivity index (χ3n) is 6.51. The summed E-state index contributed by atoms with van der Waals surface area (Å²) in [4.78, 5) is 5.18. The van der Waals surface area contributed by atoms with Gasteiger partial charge in [-0.3, -0.25) is 0 Å². The summed E-state index contributed by atoms with van der Waals surface area (Å²) in [6.45, 7) is 5.09. The number of benzene rings is 1. The predicted octanol–water partition coefficient (Wildman–Crippen LogP) is 3.14. The number of hydrogen-bond donors (Lipinski definition) is 3. The fourth-order valence-electron chi connectivity index (χ4n) is 5.09. The van der Waals surface area contributed by atoms with E-state index in [1.54, 1.807) is 12.1 Å². The molecule has 0 aromatic heterocycles. The van der Waals surface area contributed by atoms with E-state index in [0.717, 1.165) is 44.2 Å². The van der Waals surface area contributed by atoms with Gasteiger partial charge >= 0.3 is 0 Å². The summed E-state index contributed by atoms with van der Waals surface area (Å²) in [5, 5.41) is 3.46. The Morgan fingerprint density at radius 2 is 1.89 bits per heavy atom. The highest BCUT2D eigenvalue weighted by Gasteiger charge is 2.46. The van der Waals surface area contributed by atoms with Crippen LogP contribution in [-0.4, -0.2) is 73.2 Å². The van der Waals surface area contributed by atoms with Crippen LogP contribution in [-0.2, 0) is 0 Å².